The number of nitrogens with zero attached hydrogens (tertiary/aromatic N) is 2. The van der Waals surface area contributed by atoms with Crippen LogP contribution in [0.4, 0.5) is 4.79 Å². The van der Waals surface area contributed by atoms with Gasteiger partial charge in [0, 0.05) is 13.6 Å². The maximum Gasteiger partial charge on any atom is 0.410 e. The van der Waals surface area contributed by atoms with Gasteiger partial charge in [0.25, 0.3) is 10.1 Å². The fourth-order valence-corrected chi connectivity index (χ4v) is 5.25. The van der Waals surface area contributed by atoms with Crippen molar-refractivity contribution in [3.05, 3.63) is 29.8 Å². The Balaban J connectivity index is 2.39. The van der Waals surface area contributed by atoms with Crippen LogP contribution in [-0.2, 0) is 28.6 Å². The van der Waals surface area contributed by atoms with E-state index in [0.29, 0.717) is 12.8 Å². The molecule has 1 aromatic carbocycles. The summed E-state index contributed by atoms with van der Waals surface area (Å²) < 4.78 is 36.6. The Morgan fingerprint density at radius 2 is 1.75 bits per heavy atom. The van der Waals surface area contributed by atoms with Gasteiger partial charge in [0.1, 0.15) is 11.6 Å². The predicted molar refractivity (Wildman–Crippen MR) is 133 cm³/mol. The van der Waals surface area contributed by atoms with E-state index in [1.165, 1.54) is 24.1 Å². The number of ether oxygens (including phenoxy) is 1. The highest BCUT2D eigenvalue weighted by molar-refractivity contribution is 7.86. The Bertz CT molecular complexity index is 1050. The van der Waals surface area contributed by atoms with E-state index < -0.39 is 58.3 Å². The van der Waals surface area contributed by atoms with Gasteiger partial charge in [0.2, 0.25) is 5.91 Å². The number of amides is 2. The summed E-state index contributed by atoms with van der Waals surface area (Å²) in [5.74, 6) is -2.87. The van der Waals surface area contributed by atoms with Crippen LogP contribution in [0.25, 0.3) is 0 Å². The summed E-state index contributed by atoms with van der Waals surface area (Å²) in [6, 6.07) is 4.09. The van der Waals surface area contributed by atoms with Gasteiger partial charge < -0.3 is 19.6 Å². The summed E-state index contributed by atoms with van der Waals surface area (Å²) in [7, 11) is -2.76. The zero-order chi connectivity index (χ0) is 27.4. The van der Waals surface area contributed by atoms with Crippen molar-refractivity contribution in [2.24, 2.45) is 11.8 Å². The molecule has 0 spiro atoms. The molecule has 0 radical (unpaired) electrons. The lowest BCUT2D eigenvalue weighted by Crippen LogP contribution is -2.58. The minimum atomic E-state index is -4.17. The smallest absolute Gasteiger partial charge is 0.410 e. The molecule has 1 saturated heterocycles. The average Bonchev–Trinajstić information content (AvgIpc) is 2.75. The molecule has 0 saturated carbocycles. The van der Waals surface area contributed by atoms with Crippen molar-refractivity contribution < 1.29 is 36.8 Å². The average molecular weight is 527 g/mol. The highest BCUT2D eigenvalue weighted by Crippen LogP contribution is 2.30. The van der Waals surface area contributed by atoms with Crippen LogP contribution in [0.3, 0.4) is 0 Å². The molecule has 1 fully saturated rings. The highest BCUT2D eigenvalue weighted by Gasteiger charge is 2.44. The molecule has 0 bridgehead atoms. The molecule has 1 heterocycles. The summed E-state index contributed by atoms with van der Waals surface area (Å²) in [6.07, 6.45) is 0.109. The maximum absolute atomic E-state index is 13.5. The summed E-state index contributed by atoms with van der Waals surface area (Å²) >= 11 is 0. The molecule has 1 N–H and O–H groups in total. The second-order valence-corrected chi connectivity index (χ2v) is 12.1. The molecule has 3 atom stereocenters. The van der Waals surface area contributed by atoms with Crippen LogP contribution >= 0.6 is 0 Å². The van der Waals surface area contributed by atoms with Gasteiger partial charge >= 0.3 is 12.1 Å². The molecule has 11 heteroatoms. The quantitative estimate of drug-likeness (QED) is 0.511. The lowest BCUT2D eigenvalue weighted by atomic mass is 9.87. The third-order valence-electron chi connectivity index (χ3n) is 6.08. The van der Waals surface area contributed by atoms with Crippen molar-refractivity contribution in [3.8, 4) is 0 Å². The number of carbonyl (C=O) groups excluding carboxylic acids is 2. The summed E-state index contributed by atoms with van der Waals surface area (Å²) in [5, 5.41) is 9.67. The molecule has 0 aromatic heterocycles. The number of piperidine rings is 1. The third-order valence-corrected chi connectivity index (χ3v) is 7.37. The molecule has 0 unspecified atom stereocenters. The topological polar surface area (TPSA) is 131 Å². The summed E-state index contributed by atoms with van der Waals surface area (Å²) in [5.41, 5.74) is 0.0696. The first-order valence-electron chi connectivity index (χ1n) is 12.0. The Hall–Kier alpha value is -2.66. The molecular weight excluding hydrogens is 488 g/mol. The second kappa shape index (κ2) is 11.6. The minimum absolute atomic E-state index is 0.0431. The Morgan fingerprint density at radius 3 is 2.25 bits per heavy atom. The molecule has 1 aliphatic heterocycles. The van der Waals surface area contributed by atoms with Gasteiger partial charge in [-0.05, 0) is 58.6 Å². The molecular formula is C25H38N2O8S. The van der Waals surface area contributed by atoms with E-state index in [4.69, 9.17) is 8.92 Å². The zero-order valence-corrected chi connectivity index (χ0v) is 22.9. The molecule has 0 aliphatic carbocycles. The number of carboxylic acid groups (broad SMARTS) is 1. The monoisotopic (exact) mass is 526 g/mol. The number of carboxylic acids is 1. The number of carbonyl (C=O) groups is 3. The maximum atomic E-state index is 13.5. The molecule has 202 valence electrons. The van der Waals surface area contributed by atoms with E-state index >= 15 is 0 Å². The lowest BCUT2D eigenvalue weighted by molar-refractivity contribution is -0.154. The second-order valence-electron chi connectivity index (χ2n) is 10.5. The molecule has 1 aliphatic rings. The van der Waals surface area contributed by atoms with Gasteiger partial charge in [0.15, 0.2) is 0 Å². The van der Waals surface area contributed by atoms with E-state index in [9.17, 15) is 27.9 Å². The van der Waals surface area contributed by atoms with E-state index in [1.54, 1.807) is 46.8 Å². The van der Waals surface area contributed by atoms with Gasteiger partial charge in [-0.25, -0.2) is 9.59 Å². The molecule has 2 amide bonds. The van der Waals surface area contributed by atoms with Crippen LogP contribution in [0, 0.1) is 18.8 Å². The van der Waals surface area contributed by atoms with E-state index in [-0.39, 0.29) is 17.4 Å². The van der Waals surface area contributed by atoms with Crippen LogP contribution in [0.1, 0.15) is 53.0 Å². The van der Waals surface area contributed by atoms with Gasteiger partial charge in [-0.3, -0.25) is 8.98 Å². The highest BCUT2D eigenvalue weighted by atomic mass is 32.2. The summed E-state index contributed by atoms with van der Waals surface area (Å²) in [6.45, 7) is 10.1. The van der Waals surface area contributed by atoms with Gasteiger partial charge in [-0.15, -0.1) is 0 Å². The number of aryl methyl sites for hydroxylation is 1. The SMILES string of the molecule is Cc1ccc(S(=O)(=O)OC[C@@H]2[C@@H](C(=O)N(C)[C@H](C(=O)O)C(C)C)CCCN2C(=O)OC(C)(C)C)cc1. The fourth-order valence-electron chi connectivity index (χ4n) is 4.33. The van der Waals surface area contributed by atoms with E-state index in [2.05, 4.69) is 0 Å². The first kappa shape index (κ1) is 29.6. The molecule has 2 rings (SSSR count). The van der Waals surface area contributed by atoms with E-state index in [1.807, 2.05) is 6.92 Å². The summed E-state index contributed by atoms with van der Waals surface area (Å²) in [4.78, 5) is 40.8. The van der Waals surface area contributed by atoms with Crippen molar-refractivity contribution in [3.63, 3.8) is 0 Å². The van der Waals surface area contributed by atoms with Gasteiger partial charge in [-0.2, -0.15) is 8.42 Å². The first-order chi connectivity index (χ1) is 16.5. The van der Waals surface area contributed by atoms with Crippen LogP contribution in [0.2, 0.25) is 0 Å². The Labute approximate surface area is 213 Å². The van der Waals surface area contributed by atoms with E-state index in [0.717, 1.165) is 10.5 Å². The van der Waals surface area contributed by atoms with Crippen molar-refractivity contribution in [1.29, 1.82) is 0 Å². The lowest BCUT2D eigenvalue weighted by Gasteiger charge is -2.42. The number of hydrogen-bond donors (Lipinski definition) is 1. The zero-order valence-electron chi connectivity index (χ0n) is 22.1. The van der Waals surface area contributed by atoms with Crippen molar-refractivity contribution in [1.82, 2.24) is 9.80 Å². The standard InChI is InChI=1S/C25H38N2O8S/c1-16(2)21(23(29)30)26(7)22(28)19-9-8-14-27(24(31)35-25(4,5)6)20(19)15-34-36(32,33)18-12-10-17(3)11-13-18/h10-13,16,19-21H,8-9,14-15H2,1-7H3,(H,29,30)/t19-,20+,21-/m0/s1. The van der Waals surface area contributed by atoms with Crippen molar-refractivity contribution >= 4 is 28.1 Å². The van der Waals surface area contributed by atoms with Crippen LogP contribution in [0.5, 0.6) is 0 Å². The number of hydrogen-bond acceptors (Lipinski definition) is 7. The Kier molecular flexibility index (Phi) is 9.52. The third kappa shape index (κ3) is 7.42. The predicted octanol–water partition coefficient (Wildman–Crippen LogP) is 3.28. The minimum Gasteiger partial charge on any atom is -0.480 e. The van der Waals surface area contributed by atoms with Gasteiger partial charge in [-0.1, -0.05) is 31.5 Å². The fraction of sp³-hybridized carbons (Fsp3) is 0.640. The number of likely N-dealkylation sites (N-methyl/N-ethyl adjacent to an activating group) is 1. The van der Waals surface area contributed by atoms with Gasteiger partial charge in [0.05, 0.1) is 23.5 Å². The normalized spacial score (nSPS) is 19.6. The first-order valence-corrected chi connectivity index (χ1v) is 13.4. The van der Waals surface area contributed by atoms with Crippen molar-refractivity contribution in [2.45, 2.75) is 77.0 Å². The molecule has 1 aromatic rings. The largest absolute Gasteiger partial charge is 0.480 e. The van der Waals surface area contributed by atoms with Crippen molar-refractivity contribution in [2.75, 3.05) is 20.2 Å². The van der Waals surface area contributed by atoms with Crippen LogP contribution < -0.4 is 0 Å². The Morgan fingerprint density at radius 1 is 1.17 bits per heavy atom. The number of likely N-dealkylation sites (tertiary alicyclic amines) is 1. The number of aliphatic carboxylic acids is 1. The van der Waals surface area contributed by atoms with Crippen LogP contribution in [0.15, 0.2) is 29.2 Å². The molecule has 10 nitrogen and oxygen atoms in total. The molecule has 36 heavy (non-hydrogen) atoms. The van der Waals surface area contributed by atoms with Crippen LogP contribution in [-0.4, -0.2) is 79.2 Å². The number of rotatable bonds is 8. The number of benzene rings is 1.